The first-order chi connectivity index (χ1) is 13.9. The van der Waals surface area contributed by atoms with Crippen LogP contribution in [0.25, 0.3) is 17.4 Å². The molecule has 1 aliphatic heterocycles. The zero-order valence-electron chi connectivity index (χ0n) is 15.3. The molecule has 2 fully saturated rings. The van der Waals surface area contributed by atoms with Gasteiger partial charge in [0.2, 0.25) is 0 Å². The number of rotatable bonds is 4. The summed E-state index contributed by atoms with van der Waals surface area (Å²) in [7, 11) is 0. The van der Waals surface area contributed by atoms with Gasteiger partial charge in [-0.05, 0) is 55.7 Å². The molecule has 2 aliphatic rings. The molecule has 0 spiro atoms. The summed E-state index contributed by atoms with van der Waals surface area (Å²) in [6.45, 7) is 0. The van der Waals surface area contributed by atoms with Crippen LogP contribution in [0, 0.1) is 11.7 Å². The molecule has 150 valence electrons. The van der Waals surface area contributed by atoms with Gasteiger partial charge in [-0.2, -0.15) is 0 Å². The number of carboxylic acid groups (broad SMARTS) is 1. The molecule has 2 unspecified atom stereocenters. The lowest BCUT2D eigenvalue weighted by Crippen LogP contribution is -2.42. The highest BCUT2D eigenvalue weighted by Crippen LogP contribution is 2.39. The number of nitrogens with zero attached hydrogens (tertiary/aromatic N) is 1. The number of carboxylic acids is 1. The number of thioether (sulfide) groups is 1. The molecule has 1 saturated carbocycles. The van der Waals surface area contributed by atoms with E-state index >= 15 is 0 Å². The van der Waals surface area contributed by atoms with Crippen molar-refractivity contribution in [1.29, 1.82) is 0 Å². The smallest absolute Gasteiger partial charge is 0.306 e. The predicted octanol–water partition coefficient (Wildman–Crippen LogP) is 4.93. The summed E-state index contributed by atoms with van der Waals surface area (Å²) >= 11 is 6.60. The molecule has 0 radical (unpaired) electrons. The fourth-order valence-electron chi connectivity index (χ4n) is 3.75. The van der Waals surface area contributed by atoms with Crippen LogP contribution in [0.15, 0.2) is 45.7 Å². The van der Waals surface area contributed by atoms with Crippen LogP contribution >= 0.6 is 24.0 Å². The number of benzene rings is 1. The molecule has 8 heteroatoms. The van der Waals surface area contributed by atoms with Gasteiger partial charge in [0.15, 0.2) is 0 Å². The van der Waals surface area contributed by atoms with Gasteiger partial charge < -0.3 is 9.52 Å². The molecule has 1 aliphatic carbocycles. The van der Waals surface area contributed by atoms with E-state index in [0.717, 1.165) is 18.4 Å². The van der Waals surface area contributed by atoms with E-state index in [0.29, 0.717) is 33.6 Å². The van der Waals surface area contributed by atoms with Crippen molar-refractivity contribution in [2.75, 3.05) is 0 Å². The summed E-state index contributed by atoms with van der Waals surface area (Å²) in [5, 5.41) is 9.30. The Morgan fingerprint density at radius 3 is 2.72 bits per heavy atom. The van der Waals surface area contributed by atoms with E-state index < -0.39 is 11.9 Å². The second-order valence-electron chi connectivity index (χ2n) is 7.12. The first-order valence-electron chi connectivity index (χ1n) is 9.28. The van der Waals surface area contributed by atoms with Gasteiger partial charge in [0.25, 0.3) is 5.91 Å². The maximum absolute atomic E-state index is 13.1. The highest BCUT2D eigenvalue weighted by atomic mass is 32.2. The minimum Gasteiger partial charge on any atom is -0.481 e. The third-order valence-corrected chi connectivity index (χ3v) is 6.54. The fraction of sp³-hybridized carbons (Fsp3) is 0.286. The van der Waals surface area contributed by atoms with Crippen LogP contribution in [0.5, 0.6) is 0 Å². The van der Waals surface area contributed by atoms with Crippen LogP contribution in [0.1, 0.15) is 31.4 Å². The number of carbonyl (C=O) groups is 2. The van der Waals surface area contributed by atoms with Gasteiger partial charge >= 0.3 is 5.97 Å². The van der Waals surface area contributed by atoms with Crippen molar-refractivity contribution in [3.63, 3.8) is 0 Å². The molecule has 4 rings (SSSR count). The Hall–Kier alpha value is -2.45. The Morgan fingerprint density at radius 1 is 1.24 bits per heavy atom. The average molecular weight is 432 g/mol. The van der Waals surface area contributed by atoms with Gasteiger partial charge in [0.05, 0.1) is 10.8 Å². The average Bonchev–Trinajstić information content (AvgIpc) is 3.27. The molecule has 2 atom stereocenters. The summed E-state index contributed by atoms with van der Waals surface area (Å²) in [6.07, 6.45) is 4.21. The SMILES string of the molecule is O=C(O)C1CCCC(N2C(=O)C(=Cc3ccc(-c4ccc(F)cc4)o3)SC2=S)C1. The summed E-state index contributed by atoms with van der Waals surface area (Å²) < 4.78 is 19.3. The lowest BCUT2D eigenvalue weighted by atomic mass is 9.85. The normalized spacial score (nSPS) is 23.8. The number of carbonyl (C=O) groups excluding carboxylic acids is 1. The fourth-order valence-corrected chi connectivity index (χ4v) is 5.13. The monoisotopic (exact) mass is 431 g/mol. The maximum Gasteiger partial charge on any atom is 0.306 e. The molecule has 2 aromatic rings. The molecule has 1 aromatic heterocycles. The molecule has 1 saturated heterocycles. The third kappa shape index (κ3) is 4.13. The third-order valence-electron chi connectivity index (χ3n) is 5.21. The van der Waals surface area contributed by atoms with Crippen molar-refractivity contribution < 1.29 is 23.5 Å². The largest absolute Gasteiger partial charge is 0.481 e. The van der Waals surface area contributed by atoms with E-state index in [4.69, 9.17) is 16.6 Å². The summed E-state index contributed by atoms with van der Waals surface area (Å²) in [5.74, 6) is -0.724. The standard InChI is InChI=1S/C21H18FNO4S2/c22-14-6-4-12(5-7-14)17-9-8-16(27-17)11-18-19(24)23(21(28)29-18)15-3-1-2-13(10-15)20(25)26/h4-9,11,13,15H,1-3,10H2,(H,25,26). The molecule has 29 heavy (non-hydrogen) atoms. The summed E-state index contributed by atoms with van der Waals surface area (Å²) in [5.41, 5.74) is 0.737. The van der Waals surface area contributed by atoms with E-state index in [2.05, 4.69) is 0 Å². The lowest BCUT2D eigenvalue weighted by Gasteiger charge is -2.32. The van der Waals surface area contributed by atoms with E-state index in [-0.39, 0.29) is 17.8 Å². The zero-order valence-corrected chi connectivity index (χ0v) is 17.0. The first-order valence-corrected chi connectivity index (χ1v) is 10.5. The molecule has 2 heterocycles. The topological polar surface area (TPSA) is 70.8 Å². The molecular formula is C21H18FNO4S2. The van der Waals surface area contributed by atoms with Gasteiger partial charge in [0, 0.05) is 17.7 Å². The Labute approximate surface area is 176 Å². The quantitative estimate of drug-likeness (QED) is 0.547. The minimum absolute atomic E-state index is 0.186. The number of aliphatic carboxylic acids is 1. The van der Waals surface area contributed by atoms with E-state index in [1.165, 1.54) is 23.9 Å². The maximum atomic E-state index is 13.1. The van der Waals surface area contributed by atoms with E-state index in [1.54, 1.807) is 35.2 Å². The zero-order chi connectivity index (χ0) is 20.5. The van der Waals surface area contributed by atoms with Crippen LogP contribution in [0.4, 0.5) is 4.39 Å². The van der Waals surface area contributed by atoms with Crippen molar-refractivity contribution >= 4 is 46.3 Å². The van der Waals surface area contributed by atoms with Crippen molar-refractivity contribution in [3.8, 4) is 11.3 Å². The molecule has 5 nitrogen and oxygen atoms in total. The number of hydrogen-bond acceptors (Lipinski definition) is 5. The predicted molar refractivity (Wildman–Crippen MR) is 112 cm³/mol. The second-order valence-corrected chi connectivity index (χ2v) is 8.79. The van der Waals surface area contributed by atoms with Gasteiger partial charge in [0.1, 0.15) is 21.7 Å². The second kappa shape index (κ2) is 8.12. The number of hydrogen-bond donors (Lipinski definition) is 1. The lowest BCUT2D eigenvalue weighted by molar-refractivity contribution is -0.144. The first kappa shape index (κ1) is 19.8. The Kier molecular flexibility index (Phi) is 5.56. The Morgan fingerprint density at radius 2 is 2.00 bits per heavy atom. The molecule has 1 aromatic carbocycles. The van der Waals surface area contributed by atoms with Crippen LogP contribution in [0.3, 0.4) is 0 Å². The molecular weight excluding hydrogens is 413 g/mol. The minimum atomic E-state index is -0.820. The van der Waals surface area contributed by atoms with Crippen LogP contribution in [-0.2, 0) is 9.59 Å². The highest BCUT2D eigenvalue weighted by Gasteiger charge is 2.40. The van der Waals surface area contributed by atoms with Gasteiger partial charge in [-0.15, -0.1) is 0 Å². The van der Waals surface area contributed by atoms with E-state index in [9.17, 15) is 19.1 Å². The van der Waals surface area contributed by atoms with Gasteiger partial charge in [-0.3, -0.25) is 14.5 Å². The number of thiocarbonyl (C=S) groups is 1. The van der Waals surface area contributed by atoms with Crippen LogP contribution < -0.4 is 0 Å². The Bertz CT molecular complexity index is 998. The summed E-state index contributed by atoms with van der Waals surface area (Å²) in [6, 6.07) is 9.28. The van der Waals surface area contributed by atoms with E-state index in [1.807, 2.05) is 0 Å². The number of amides is 1. The highest BCUT2D eigenvalue weighted by molar-refractivity contribution is 8.26. The van der Waals surface area contributed by atoms with Crippen LogP contribution in [-0.4, -0.2) is 32.2 Å². The van der Waals surface area contributed by atoms with Gasteiger partial charge in [-0.25, -0.2) is 4.39 Å². The number of halogens is 1. The van der Waals surface area contributed by atoms with Crippen LogP contribution in [0.2, 0.25) is 0 Å². The van der Waals surface area contributed by atoms with Crippen molar-refractivity contribution in [1.82, 2.24) is 4.90 Å². The summed E-state index contributed by atoms with van der Waals surface area (Å²) in [4.78, 5) is 26.3. The van der Waals surface area contributed by atoms with Gasteiger partial charge in [-0.1, -0.05) is 30.4 Å². The van der Waals surface area contributed by atoms with Crippen molar-refractivity contribution in [3.05, 3.63) is 52.9 Å². The molecule has 0 bridgehead atoms. The Balaban J connectivity index is 1.52. The van der Waals surface area contributed by atoms with Crippen molar-refractivity contribution in [2.45, 2.75) is 31.7 Å². The molecule has 1 amide bonds. The number of furan rings is 1. The molecule has 1 N–H and O–H groups in total. The van der Waals surface area contributed by atoms with Crippen molar-refractivity contribution in [2.24, 2.45) is 5.92 Å².